The standard InChI is InChI=1S/C17H12N2O3S2/c20-24(21,13-7-2-1-3-8-13)19-17-18-14(11-23-17)16-10-12-6-4-5-9-15(12)22-16/h1-11H,(H,18,19). The van der Waals surface area contributed by atoms with Crippen molar-refractivity contribution in [1.29, 1.82) is 0 Å². The average Bonchev–Trinajstić information content (AvgIpc) is 3.21. The van der Waals surface area contributed by atoms with Gasteiger partial charge in [-0.25, -0.2) is 13.4 Å². The van der Waals surface area contributed by atoms with Gasteiger partial charge >= 0.3 is 0 Å². The van der Waals surface area contributed by atoms with Gasteiger partial charge in [-0.2, -0.15) is 0 Å². The molecule has 0 saturated heterocycles. The molecule has 0 aliphatic rings. The van der Waals surface area contributed by atoms with Gasteiger partial charge in [0.25, 0.3) is 10.0 Å². The summed E-state index contributed by atoms with van der Waals surface area (Å²) in [7, 11) is -3.64. The Kier molecular flexibility index (Phi) is 3.59. The normalized spacial score (nSPS) is 11.7. The molecule has 5 nitrogen and oxygen atoms in total. The van der Waals surface area contributed by atoms with E-state index in [1.807, 2.05) is 30.3 Å². The summed E-state index contributed by atoms with van der Waals surface area (Å²) in [5.74, 6) is 0.609. The fourth-order valence-electron chi connectivity index (χ4n) is 2.32. The van der Waals surface area contributed by atoms with Crippen LogP contribution in [0.3, 0.4) is 0 Å². The molecule has 2 heterocycles. The second kappa shape index (κ2) is 5.77. The van der Waals surface area contributed by atoms with Crippen molar-refractivity contribution < 1.29 is 12.8 Å². The Hall–Kier alpha value is -2.64. The lowest BCUT2D eigenvalue weighted by Crippen LogP contribution is -2.12. The van der Waals surface area contributed by atoms with Crippen LogP contribution in [0.4, 0.5) is 5.13 Å². The van der Waals surface area contributed by atoms with Crippen molar-refractivity contribution in [2.75, 3.05) is 4.72 Å². The number of nitrogens with zero attached hydrogens (tertiary/aromatic N) is 1. The van der Waals surface area contributed by atoms with Crippen LogP contribution in [0.1, 0.15) is 0 Å². The van der Waals surface area contributed by atoms with Crippen LogP contribution in [0.5, 0.6) is 0 Å². The van der Waals surface area contributed by atoms with Gasteiger partial charge in [-0.3, -0.25) is 4.72 Å². The number of furan rings is 1. The van der Waals surface area contributed by atoms with E-state index in [-0.39, 0.29) is 4.90 Å². The lowest BCUT2D eigenvalue weighted by atomic mass is 10.2. The molecule has 0 unspecified atom stereocenters. The molecule has 2 aromatic heterocycles. The number of nitrogens with one attached hydrogen (secondary N) is 1. The van der Waals surface area contributed by atoms with E-state index in [1.165, 1.54) is 23.5 Å². The smallest absolute Gasteiger partial charge is 0.263 e. The SMILES string of the molecule is O=S(=O)(Nc1nc(-c2cc3ccccc3o2)cs1)c1ccccc1. The number of rotatable bonds is 4. The number of sulfonamides is 1. The number of aromatic nitrogens is 1. The molecule has 2 aromatic carbocycles. The van der Waals surface area contributed by atoms with Crippen molar-refractivity contribution in [1.82, 2.24) is 4.98 Å². The molecule has 0 aliphatic heterocycles. The topological polar surface area (TPSA) is 72.2 Å². The molecule has 0 spiro atoms. The van der Waals surface area contributed by atoms with Gasteiger partial charge in [-0.15, -0.1) is 11.3 Å². The quantitative estimate of drug-likeness (QED) is 0.590. The van der Waals surface area contributed by atoms with Gasteiger partial charge in [0.05, 0.1) is 4.90 Å². The molecule has 1 N–H and O–H groups in total. The molecule has 0 bridgehead atoms. The maximum Gasteiger partial charge on any atom is 0.263 e. The third-order valence-electron chi connectivity index (χ3n) is 3.46. The van der Waals surface area contributed by atoms with Crippen LogP contribution in [0.15, 0.2) is 75.4 Å². The lowest BCUT2D eigenvalue weighted by Gasteiger charge is -2.04. The van der Waals surface area contributed by atoms with E-state index in [4.69, 9.17) is 4.42 Å². The number of fused-ring (bicyclic) bond motifs is 1. The maximum absolute atomic E-state index is 12.3. The molecule has 0 aliphatic carbocycles. The van der Waals surface area contributed by atoms with Crippen LogP contribution in [0, 0.1) is 0 Å². The third-order valence-corrected chi connectivity index (χ3v) is 5.70. The van der Waals surface area contributed by atoms with Crippen molar-refractivity contribution in [2.24, 2.45) is 0 Å². The zero-order chi connectivity index (χ0) is 16.6. The lowest BCUT2D eigenvalue weighted by molar-refractivity contribution is 0.601. The van der Waals surface area contributed by atoms with Crippen molar-refractivity contribution in [3.63, 3.8) is 0 Å². The predicted molar refractivity (Wildman–Crippen MR) is 94.6 cm³/mol. The number of benzene rings is 2. The summed E-state index contributed by atoms with van der Waals surface area (Å²) in [5, 5.41) is 3.04. The number of hydrogen-bond acceptors (Lipinski definition) is 5. The Morgan fingerprint density at radius 2 is 1.75 bits per heavy atom. The number of anilines is 1. The van der Waals surface area contributed by atoms with Crippen molar-refractivity contribution in [3.8, 4) is 11.5 Å². The van der Waals surface area contributed by atoms with Gasteiger partial charge < -0.3 is 4.42 Å². The number of hydrogen-bond donors (Lipinski definition) is 1. The minimum atomic E-state index is -3.64. The highest BCUT2D eigenvalue weighted by Gasteiger charge is 2.17. The van der Waals surface area contributed by atoms with Gasteiger partial charge in [-0.1, -0.05) is 36.4 Å². The van der Waals surface area contributed by atoms with Gasteiger partial charge in [-0.05, 0) is 24.3 Å². The van der Waals surface area contributed by atoms with E-state index < -0.39 is 10.0 Å². The molecule has 0 atom stereocenters. The third kappa shape index (κ3) is 2.79. The van der Waals surface area contributed by atoms with E-state index in [0.717, 1.165) is 11.0 Å². The Balaban J connectivity index is 1.63. The molecule has 4 rings (SSSR count). The van der Waals surface area contributed by atoms with Gasteiger partial charge in [0.1, 0.15) is 11.3 Å². The van der Waals surface area contributed by atoms with Crippen LogP contribution >= 0.6 is 11.3 Å². The highest BCUT2D eigenvalue weighted by molar-refractivity contribution is 7.93. The predicted octanol–water partition coefficient (Wildman–Crippen LogP) is 4.36. The largest absolute Gasteiger partial charge is 0.454 e. The highest BCUT2D eigenvalue weighted by atomic mass is 32.2. The van der Waals surface area contributed by atoms with Crippen molar-refractivity contribution in [3.05, 3.63) is 66.0 Å². The van der Waals surface area contributed by atoms with Gasteiger partial charge in [0.2, 0.25) is 0 Å². The van der Waals surface area contributed by atoms with Crippen LogP contribution in [-0.4, -0.2) is 13.4 Å². The van der Waals surface area contributed by atoms with Gasteiger partial charge in [0, 0.05) is 10.8 Å². The summed E-state index contributed by atoms with van der Waals surface area (Å²) in [6, 6.07) is 17.7. The fraction of sp³-hybridized carbons (Fsp3) is 0. The number of para-hydroxylation sites is 1. The average molecular weight is 356 g/mol. The summed E-state index contributed by atoms with van der Waals surface area (Å²) >= 11 is 1.21. The molecular formula is C17H12N2O3S2. The Morgan fingerprint density at radius 3 is 2.54 bits per heavy atom. The maximum atomic E-state index is 12.3. The molecule has 0 radical (unpaired) electrons. The molecule has 0 saturated carbocycles. The molecule has 0 fully saturated rings. The molecule has 120 valence electrons. The summed E-state index contributed by atoms with van der Waals surface area (Å²) in [4.78, 5) is 4.52. The highest BCUT2D eigenvalue weighted by Crippen LogP contribution is 2.30. The first-order valence-electron chi connectivity index (χ1n) is 7.14. The first-order valence-corrected chi connectivity index (χ1v) is 9.50. The van der Waals surface area contributed by atoms with E-state index >= 15 is 0 Å². The Morgan fingerprint density at radius 1 is 1.00 bits per heavy atom. The minimum absolute atomic E-state index is 0.200. The summed E-state index contributed by atoms with van der Waals surface area (Å²) in [6.45, 7) is 0. The van der Waals surface area contributed by atoms with Crippen LogP contribution in [0.25, 0.3) is 22.4 Å². The first-order chi connectivity index (χ1) is 11.6. The Bertz CT molecular complexity index is 1070. The van der Waals surface area contributed by atoms with Crippen LogP contribution in [0.2, 0.25) is 0 Å². The molecule has 7 heteroatoms. The second-order valence-electron chi connectivity index (χ2n) is 5.10. The van der Waals surface area contributed by atoms with Crippen molar-refractivity contribution in [2.45, 2.75) is 4.90 Å². The van der Waals surface area contributed by atoms with Crippen molar-refractivity contribution >= 4 is 37.5 Å². The van der Waals surface area contributed by atoms with E-state index in [1.54, 1.807) is 23.6 Å². The van der Waals surface area contributed by atoms with E-state index in [2.05, 4.69) is 9.71 Å². The zero-order valence-electron chi connectivity index (χ0n) is 12.3. The van der Waals surface area contributed by atoms with Gasteiger partial charge in [0.15, 0.2) is 10.9 Å². The molecule has 4 aromatic rings. The monoisotopic (exact) mass is 356 g/mol. The molecule has 24 heavy (non-hydrogen) atoms. The fourth-order valence-corrected chi connectivity index (χ4v) is 4.29. The second-order valence-corrected chi connectivity index (χ2v) is 7.65. The van der Waals surface area contributed by atoms with E-state index in [0.29, 0.717) is 16.6 Å². The van der Waals surface area contributed by atoms with Crippen LogP contribution in [-0.2, 0) is 10.0 Å². The molecule has 0 amide bonds. The summed E-state index contributed by atoms with van der Waals surface area (Å²) in [5.41, 5.74) is 1.37. The summed E-state index contributed by atoms with van der Waals surface area (Å²) in [6.07, 6.45) is 0. The molecular weight excluding hydrogens is 344 g/mol. The summed E-state index contributed by atoms with van der Waals surface area (Å²) < 4.78 is 32.9. The Labute approximate surface area is 142 Å². The van der Waals surface area contributed by atoms with Crippen LogP contribution < -0.4 is 4.72 Å². The zero-order valence-corrected chi connectivity index (χ0v) is 14.0. The van der Waals surface area contributed by atoms with E-state index in [9.17, 15) is 8.42 Å². The first kappa shape index (κ1) is 14.9. The minimum Gasteiger partial charge on any atom is -0.454 e. The number of thiazole rings is 1.